The van der Waals surface area contributed by atoms with Crippen LogP contribution >= 0.6 is 11.8 Å². The number of rotatable bonds is 10. The van der Waals surface area contributed by atoms with Crippen LogP contribution in [0, 0.1) is 0 Å². The first-order valence-corrected chi connectivity index (χ1v) is 10.1. The second kappa shape index (κ2) is 11.6. The normalized spacial score (nSPS) is 27.9. The van der Waals surface area contributed by atoms with Crippen molar-refractivity contribution in [3.8, 4) is 0 Å². The topological polar surface area (TPSA) is 223 Å². The molecule has 13 heteroatoms. The number of carbonyl (C=O) groups is 3. The summed E-state index contributed by atoms with van der Waals surface area (Å²) in [5, 5.41) is 58.9. The molecule has 0 aromatic carbocycles. The Morgan fingerprint density at radius 3 is 2.52 bits per heavy atom. The lowest BCUT2D eigenvalue weighted by atomic mass is 10.00. The highest BCUT2D eigenvalue weighted by molar-refractivity contribution is 8.00. The molecule has 2 aliphatic rings. The van der Waals surface area contributed by atoms with E-state index in [4.69, 9.17) is 36.4 Å². The molecule has 2 aliphatic heterocycles. The number of amides is 2. The molecule has 2 amide bonds. The van der Waals surface area contributed by atoms with Gasteiger partial charge in [-0.25, -0.2) is 4.79 Å². The predicted octanol–water partition coefficient (Wildman–Crippen LogP) is -3.30. The van der Waals surface area contributed by atoms with E-state index in [-0.39, 0.29) is 30.8 Å². The Morgan fingerprint density at radius 2 is 1.97 bits per heavy atom. The quantitative estimate of drug-likeness (QED) is 0.0709. The van der Waals surface area contributed by atoms with Gasteiger partial charge < -0.3 is 41.3 Å². The van der Waals surface area contributed by atoms with Crippen molar-refractivity contribution in [2.75, 3.05) is 12.4 Å². The number of carboxylic acids is 1. The molecule has 0 aliphatic carbocycles. The minimum atomic E-state index is -2.64. The van der Waals surface area contributed by atoms with Crippen molar-refractivity contribution in [3.63, 3.8) is 0 Å². The van der Waals surface area contributed by atoms with Crippen molar-refractivity contribution in [2.45, 2.75) is 67.1 Å². The Hall–Kier alpha value is -1.48. The second-order valence-electron chi connectivity index (χ2n) is 6.95. The largest absolute Gasteiger partial charge is 0.481 e. The highest BCUT2D eigenvalue weighted by Crippen LogP contribution is 2.33. The lowest BCUT2D eigenvalue weighted by Gasteiger charge is -2.28. The fourth-order valence-corrected chi connectivity index (χ4v) is 4.47. The fraction of sp³-hybridized carbons (Fsp3) is 0.812. The van der Waals surface area contributed by atoms with Gasteiger partial charge in [0.15, 0.2) is 12.0 Å². The van der Waals surface area contributed by atoms with E-state index < -0.39 is 36.6 Å². The minimum Gasteiger partial charge on any atom is -0.481 e. The number of carbonyl (C=O) groups excluding carboxylic acids is 2. The van der Waals surface area contributed by atoms with Gasteiger partial charge in [0.05, 0.1) is 18.7 Å². The standard InChI is InChI=1S/C10H16N2O3S.C6H13NO6/c13-8(14)4-2-1-3-7-9-6(5-16-7)11-10(15)12-9;7-6(13,2-9)5(12)4(11)3(10)1-8/h6-7,9H,1-5H2,(H,13,14)(H2,11,12,15);2-5,8,10-13H,1,7H2/t6-,7-,9-;3?,4?,5?,6-/m01/s1. The van der Waals surface area contributed by atoms with Crippen LogP contribution in [0.5, 0.6) is 0 Å². The molecule has 0 aromatic heterocycles. The number of hydrogen-bond acceptors (Lipinski definition) is 10. The van der Waals surface area contributed by atoms with Gasteiger partial charge in [-0.05, 0) is 12.8 Å². The number of urea groups is 1. The van der Waals surface area contributed by atoms with Gasteiger partial charge in [0.2, 0.25) is 0 Å². The highest BCUT2D eigenvalue weighted by Gasteiger charge is 2.42. The molecule has 2 rings (SSSR count). The number of hydrogen-bond donors (Lipinski definition) is 9. The summed E-state index contributed by atoms with van der Waals surface area (Å²) in [5.41, 5.74) is 2.19. The van der Waals surface area contributed by atoms with Crippen molar-refractivity contribution < 1.29 is 45.0 Å². The third-order valence-electron chi connectivity index (χ3n) is 4.63. The summed E-state index contributed by atoms with van der Waals surface area (Å²) in [5.74, 6) is 0.236. The van der Waals surface area contributed by atoms with Crippen LogP contribution in [-0.2, 0) is 9.59 Å². The molecule has 2 fully saturated rings. The smallest absolute Gasteiger partial charge is 0.315 e. The number of nitrogens with two attached hydrogens (primary N) is 1. The molecule has 0 spiro atoms. The Bertz CT molecular complexity index is 566. The SMILES string of the molecule is N[C@@](O)(C=O)C(O)C(O)C(O)CO.O=C(O)CCCC[C@@H]1SC[C@@H]2NC(=O)N[C@@H]21. The number of fused-ring (bicyclic) bond motifs is 1. The summed E-state index contributed by atoms with van der Waals surface area (Å²) in [6, 6.07) is 0.440. The zero-order chi connectivity index (χ0) is 22.2. The molecule has 0 radical (unpaired) electrons. The van der Waals surface area contributed by atoms with Gasteiger partial charge in [0.25, 0.3) is 0 Å². The zero-order valence-corrected chi connectivity index (χ0v) is 16.5. The second-order valence-corrected chi connectivity index (χ2v) is 8.22. The number of thioether (sulfide) groups is 1. The van der Waals surface area contributed by atoms with E-state index in [1.165, 1.54) is 0 Å². The van der Waals surface area contributed by atoms with Crippen LogP contribution in [-0.4, -0.2) is 103 Å². The maximum absolute atomic E-state index is 11.1. The van der Waals surface area contributed by atoms with E-state index in [2.05, 4.69) is 10.6 Å². The maximum Gasteiger partial charge on any atom is 0.315 e. The molecule has 12 nitrogen and oxygen atoms in total. The van der Waals surface area contributed by atoms with E-state index in [0.717, 1.165) is 25.0 Å². The van der Waals surface area contributed by atoms with Gasteiger partial charge in [-0.1, -0.05) is 6.42 Å². The van der Waals surface area contributed by atoms with Gasteiger partial charge in [0, 0.05) is 17.4 Å². The van der Waals surface area contributed by atoms with Gasteiger partial charge in [-0.3, -0.25) is 15.3 Å². The zero-order valence-electron chi connectivity index (χ0n) is 15.7. The van der Waals surface area contributed by atoms with Crippen molar-refractivity contribution in [3.05, 3.63) is 0 Å². The molecule has 10 N–H and O–H groups in total. The molecule has 3 unspecified atom stereocenters. The Morgan fingerprint density at radius 1 is 1.31 bits per heavy atom. The lowest BCUT2D eigenvalue weighted by Crippen LogP contribution is -2.60. The number of carboxylic acid groups (broad SMARTS) is 1. The average molecular weight is 439 g/mol. The fourth-order valence-electron chi connectivity index (χ4n) is 2.93. The molecule has 2 heterocycles. The monoisotopic (exact) mass is 439 g/mol. The van der Waals surface area contributed by atoms with Gasteiger partial charge in [-0.2, -0.15) is 11.8 Å². The van der Waals surface area contributed by atoms with Crippen LogP contribution in [0.25, 0.3) is 0 Å². The number of aldehydes is 1. The van der Waals surface area contributed by atoms with Crippen LogP contribution in [0.1, 0.15) is 25.7 Å². The average Bonchev–Trinajstić information content (AvgIpc) is 3.23. The summed E-state index contributed by atoms with van der Waals surface area (Å²) in [6.07, 6.45) is -2.93. The number of aliphatic hydroxyl groups excluding tert-OH is 4. The number of unbranched alkanes of at least 4 members (excludes halogenated alkanes) is 1. The molecule has 29 heavy (non-hydrogen) atoms. The third-order valence-corrected chi connectivity index (χ3v) is 6.14. The predicted molar refractivity (Wildman–Crippen MR) is 102 cm³/mol. The molecule has 168 valence electrons. The molecule has 2 saturated heterocycles. The van der Waals surface area contributed by atoms with Gasteiger partial charge in [-0.15, -0.1) is 0 Å². The molecule has 0 aromatic rings. The highest BCUT2D eigenvalue weighted by atomic mass is 32.2. The Labute approximate surface area is 171 Å². The van der Waals surface area contributed by atoms with Crippen LogP contribution in [0.2, 0.25) is 0 Å². The van der Waals surface area contributed by atoms with Crippen molar-refractivity contribution in [1.29, 1.82) is 0 Å². The lowest BCUT2D eigenvalue weighted by molar-refractivity contribution is -0.163. The summed E-state index contributed by atoms with van der Waals surface area (Å²) < 4.78 is 0. The Kier molecular flexibility index (Phi) is 10.3. The van der Waals surface area contributed by atoms with E-state index in [0.29, 0.717) is 5.25 Å². The molecule has 0 saturated carbocycles. The van der Waals surface area contributed by atoms with Crippen LogP contribution < -0.4 is 16.4 Å². The van der Waals surface area contributed by atoms with E-state index in [9.17, 15) is 14.4 Å². The summed E-state index contributed by atoms with van der Waals surface area (Å²) in [4.78, 5) is 31.6. The van der Waals surface area contributed by atoms with E-state index in [1.807, 2.05) is 11.8 Å². The van der Waals surface area contributed by atoms with Gasteiger partial charge >= 0.3 is 12.0 Å². The Balaban J connectivity index is 0.000000298. The number of aliphatic carboxylic acids is 1. The van der Waals surface area contributed by atoms with E-state index >= 15 is 0 Å². The molecular weight excluding hydrogens is 410 g/mol. The van der Waals surface area contributed by atoms with Crippen molar-refractivity contribution in [2.24, 2.45) is 5.73 Å². The van der Waals surface area contributed by atoms with E-state index in [1.54, 1.807) is 0 Å². The third kappa shape index (κ3) is 7.70. The summed E-state index contributed by atoms with van der Waals surface area (Å²) in [6.45, 7) is -0.826. The molecule has 7 atom stereocenters. The first-order valence-electron chi connectivity index (χ1n) is 9.06. The molecular formula is C16H29N3O9S. The first kappa shape index (κ1) is 25.6. The maximum atomic E-state index is 11.1. The number of nitrogens with one attached hydrogen (secondary N) is 2. The minimum absolute atomic E-state index is 0.0640. The number of aliphatic hydroxyl groups is 5. The summed E-state index contributed by atoms with van der Waals surface area (Å²) >= 11 is 1.87. The van der Waals surface area contributed by atoms with Crippen molar-refractivity contribution in [1.82, 2.24) is 10.6 Å². The van der Waals surface area contributed by atoms with Crippen molar-refractivity contribution >= 4 is 30.0 Å². The first-order chi connectivity index (χ1) is 13.5. The van der Waals surface area contributed by atoms with Gasteiger partial charge in [0.1, 0.15) is 18.3 Å². The van der Waals surface area contributed by atoms with Crippen LogP contribution in [0.15, 0.2) is 0 Å². The van der Waals surface area contributed by atoms with Crippen LogP contribution in [0.4, 0.5) is 4.79 Å². The summed E-state index contributed by atoms with van der Waals surface area (Å²) in [7, 11) is 0. The van der Waals surface area contributed by atoms with Crippen LogP contribution in [0.3, 0.4) is 0 Å². The molecule has 0 bridgehead atoms.